The number of fused-ring (bicyclic) bond motifs is 1. The number of Topliss-reactive ketones (excluding diaryl/α,β-unsaturated/α-hetero) is 1. The van der Waals surface area contributed by atoms with Crippen molar-refractivity contribution in [3.05, 3.63) is 89.0 Å². The number of ketones is 1. The summed E-state index contributed by atoms with van der Waals surface area (Å²) in [5, 5.41) is 10.2. The number of aliphatic carboxylic acids is 1. The zero-order valence-electron chi connectivity index (χ0n) is 19.5. The SMILES string of the molecule is COc1cccc(CC(C(=O)c2ccc(OC(C)C)cc2)=C(C(=O)O)c2ccc3nsnc3c2)c1. The molecule has 178 valence electrons. The highest BCUT2D eigenvalue weighted by molar-refractivity contribution is 7.00. The molecule has 0 saturated carbocycles. The van der Waals surface area contributed by atoms with Crippen LogP contribution in [0.15, 0.2) is 72.3 Å². The molecule has 0 fully saturated rings. The number of aromatic nitrogens is 2. The first kappa shape index (κ1) is 24.1. The van der Waals surface area contributed by atoms with Crippen molar-refractivity contribution in [1.29, 1.82) is 0 Å². The third kappa shape index (κ3) is 5.55. The van der Waals surface area contributed by atoms with E-state index in [0.29, 0.717) is 33.7 Å². The molecule has 3 aromatic carbocycles. The molecule has 0 bridgehead atoms. The maximum atomic E-state index is 13.8. The largest absolute Gasteiger partial charge is 0.497 e. The molecule has 0 atom stereocenters. The van der Waals surface area contributed by atoms with Crippen molar-refractivity contribution in [2.75, 3.05) is 7.11 Å². The van der Waals surface area contributed by atoms with Gasteiger partial charge in [-0.25, -0.2) is 4.79 Å². The number of carboxylic acids is 1. The molecule has 1 N–H and O–H groups in total. The van der Waals surface area contributed by atoms with Gasteiger partial charge in [-0.15, -0.1) is 0 Å². The highest BCUT2D eigenvalue weighted by Gasteiger charge is 2.24. The number of carbonyl (C=O) groups is 2. The van der Waals surface area contributed by atoms with Crippen LogP contribution in [0.1, 0.15) is 35.3 Å². The van der Waals surface area contributed by atoms with Gasteiger partial charge in [0.2, 0.25) is 0 Å². The molecule has 0 spiro atoms. The molecule has 1 heterocycles. The number of ether oxygens (including phenoxy) is 2. The first-order valence-electron chi connectivity index (χ1n) is 11.0. The van der Waals surface area contributed by atoms with E-state index >= 15 is 0 Å². The van der Waals surface area contributed by atoms with Crippen LogP contribution in [0.25, 0.3) is 16.6 Å². The molecule has 0 aliphatic heterocycles. The van der Waals surface area contributed by atoms with Crippen LogP contribution in [-0.2, 0) is 11.2 Å². The fraction of sp³-hybridized carbons (Fsp3) is 0.185. The lowest BCUT2D eigenvalue weighted by Crippen LogP contribution is -2.14. The highest BCUT2D eigenvalue weighted by Crippen LogP contribution is 2.29. The number of carbonyl (C=O) groups excluding carboxylic acids is 1. The van der Waals surface area contributed by atoms with Gasteiger partial charge >= 0.3 is 5.97 Å². The van der Waals surface area contributed by atoms with E-state index in [0.717, 1.165) is 17.3 Å². The summed E-state index contributed by atoms with van der Waals surface area (Å²) < 4.78 is 19.4. The first-order valence-corrected chi connectivity index (χ1v) is 11.7. The van der Waals surface area contributed by atoms with Crippen LogP contribution in [0.4, 0.5) is 0 Å². The summed E-state index contributed by atoms with van der Waals surface area (Å²) in [5.74, 6) is -0.317. The molecule has 0 unspecified atom stereocenters. The van der Waals surface area contributed by atoms with Gasteiger partial charge in [-0.1, -0.05) is 18.2 Å². The number of hydrogen-bond acceptors (Lipinski definition) is 7. The van der Waals surface area contributed by atoms with Crippen molar-refractivity contribution in [2.45, 2.75) is 26.4 Å². The van der Waals surface area contributed by atoms with Crippen LogP contribution in [0, 0.1) is 0 Å². The quantitative estimate of drug-likeness (QED) is 0.247. The zero-order chi connectivity index (χ0) is 24.9. The van der Waals surface area contributed by atoms with Crippen molar-refractivity contribution in [3.63, 3.8) is 0 Å². The Labute approximate surface area is 207 Å². The van der Waals surface area contributed by atoms with Crippen LogP contribution in [0.2, 0.25) is 0 Å². The lowest BCUT2D eigenvalue weighted by molar-refractivity contribution is -0.130. The smallest absolute Gasteiger partial charge is 0.336 e. The summed E-state index contributed by atoms with van der Waals surface area (Å²) in [4.78, 5) is 26.3. The third-order valence-electron chi connectivity index (χ3n) is 5.34. The Morgan fingerprint density at radius 3 is 2.31 bits per heavy atom. The Kier molecular flexibility index (Phi) is 7.22. The number of rotatable bonds is 9. The fourth-order valence-electron chi connectivity index (χ4n) is 3.76. The minimum absolute atomic E-state index is 0.00574. The van der Waals surface area contributed by atoms with Crippen LogP contribution >= 0.6 is 11.7 Å². The van der Waals surface area contributed by atoms with Crippen LogP contribution in [0.5, 0.6) is 11.5 Å². The molecule has 0 saturated heterocycles. The molecular weight excluding hydrogens is 464 g/mol. The lowest BCUT2D eigenvalue weighted by Gasteiger charge is -2.14. The molecule has 4 aromatic rings. The predicted molar refractivity (Wildman–Crippen MR) is 135 cm³/mol. The number of methoxy groups -OCH3 is 1. The number of nitrogens with zero attached hydrogens (tertiary/aromatic N) is 2. The van der Waals surface area contributed by atoms with E-state index in [2.05, 4.69) is 8.75 Å². The second-order valence-electron chi connectivity index (χ2n) is 8.17. The van der Waals surface area contributed by atoms with Crippen LogP contribution in [0.3, 0.4) is 0 Å². The Hall–Kier alpha value is -4.04. The molecule has 0 aliphatic rings. The summed E-state index contributed by atoms with van der Waals surface area (Å²) in [6.07, 6.45) is 0.101. The van der Waals surface area contributed by atoms with E-state index in [-0.39, 0.29) is 29.5 Å². The number of carboxylic acid groups (broad SMARTS) is 1. The molecule has 4 rings (SSSR count). The predicted octanol–water partition coefficient (Wildman–Crippen LogP) is 5.45. The van der Waals surface area contributed by atoms with Gasteiger partial charge in [0, 0.05) is 17.6 Å². The Morgan fingerprint density at radius 2 is 1.63 bits per heavy atom. The van der Waals surface area contributed by atoms with E-state index in [4.69, 9.17) is 9.47 Å². The van der Waals surface area contributed by atoms with Gasteiger partial charge < -0.3 is 14.6 Å². The lowest BCUT2D eigenvalue weighted by atomic mass is 9.89. The maximum Gasteiger partial charge on any atom is 0.336 e. The van der Waals surface area contributed by atoms with Gasteiger partial charge in [-0.05, 0) is 73.5 Å². The standard InChI is InChI=1S/C27H24N2O5S/c1-16(2)34-20-10-7-18(8-11-20)26(30)22(14-17-5-4-6-21(13-17)33-3)25(27(31)32)19-9-12-23-24(15-19)29-35-28-23/h4-13,15-16H,14H2,1-3H3,(H,31,32). The van der Waals surface area contributed by atoms with E-state index in [1.807, 2.05) is 26.0 Å². The molecule has 7 nitrogen and oxygen atoms in total. The molecule has 0 radical (unpaired) electrons. The molecule has 0 amide bonds. The number of allylic oxidation sites excluding steroid dienone is 1. The normalized spacial score (nSPS) is 11.9. The van der Waals surface area contributed by atoms with Crippen molar-refractivity contribution in [1.82, 2.24) is 8.75 Å². The Balaban J connectivity index is 1.85. The summed E-state index contributed by atoms with van der Waals surface area (Å²) in [6.45, 7) is 3.84. The van der Waals surface area contributed by atoms with Crippen molar-refractivity contribution in [2.24, 2.45) is 0 Å². The maximum absolute atomic E-state index is 13.8. The summed E-state index contributed by atoms with van der Waals surface area (Å²) in [5.41, 5.74) is 2.85. The van der Waals surface area contributed by atoms with Gasteiger partial charge in [-0.2, -0.15) is 8.75 Å². The second kappa shape index (κ2) is 10.5. The summed E-state index contributed by atoms with van der Waals surface area (Å²) >= 11 is 1.05. The average Bonchev–Trinajstić information content (AvgIpc) is 3.31. The summed E-state index contributed by atoms with van der Waals surface area (Å²) in [6, 6.07) is 19.0. The Bertz CT molecular complexity index is 1410. The fourth-order valence-corrected chi connectivity index (χ4v) is 4.28. The molecule has 35 heavy (non-hydrogen) atoms. The van der Waals surface area contributed by atoms with Crippen LogP contribution in [-0.4, -0.2) is 38.8 Å². The van der Waals surface area contributed by atoms with Gasteiger partial charge in [0.1, 0.15) is 22.5 Å². The van der Waals surface area contributed by atoms with Gasteiger partial charge in [0.15, 0.2) is 5.78 Å². The molecule has 0 aliphatic carbocycles. The van der Waals surface area contributed by atoms with E-state index in [1.54, 1.807) is 61.7 Å². The van der Waals surface area contributed by atoms with Crippen molar-refractivity contribution < 1.29 is 24.2 Å². The number of hydrogen-bond donors (Lipinski definition) is 1. The van der Waals surface area contributed by atoms with Gasteiger partial charge in [0.25, 0.3) is 0 Å². The zero-order valence-corrected chi connectivity index (χ0v) is 20.3. The Morgan fingerprint density at radius 1 is 0.914 bits per heavy atom. The molecular formula is C27H24N2O5S. The second-order valence-corrected chi connectivity index (χ2v) is 8.70. The minimum Gasteiger partial charge on any atom is -0.497 e. The molecule has 8 heteroatoms. The van der Waals surface area contributed by atoms with Gasteiger partial charge in [-0.3, -0.25) is 4.79 Å². The van der Waals surface area contributed by atoms with Crippen molar-refractivity contribution >= 4 is 40.1 Å². The monoisotopic (exact) mass is 488 g/mol. The average molecular weight is 489 g/mol. The van der Waals surface area contributed by atoms with Crippen LogP contribution < -0.4 is 9.47 Å². The van der Waals surface area contributed by atoms with Crippen molar-refractivity contribution in [3.8, 4) is 11.5 Å². The third-order valence-corrected chi connectivity index (χ3v) is 5.89. The van der Waals surface area contributed by atoms with E-state index in [9.17, 15) is 14.7 Å². The topological polar surface area (TPSA) is 98.6 Å². The number of benzene rings is 3. The first-order chi connectivity index (χ1) is 16.9. The summed E-state index contributed by atoms with van der Waals surface area (Å²) in [7, 11) is 1.56. The van der Waals surface area contributed by atoms with E-state index < -0.39 is 5.97 Å². The van der Waals surface area contributed by atoms with E-state index in [1.165, 1.54) is 0 Å². The molecule has 1 aromatic heterocycles. The highest BCUT2D eigenvalue weighted by atomic mass is 32.1. The minimum atomic E-state index is -1.20. The van der Waals surface area contributed by atoms with Gasteiger partial charge in [0.05, 0.1) is 30.5 Å².